The lowest BCUT2D eigenvalue weighted by atomic mass is 10.2. The zero-order chi connectivity index (χ0) is 15.7. The normalized spacial score (nSPS) is 13.1. The van der Waals surface area contributed by atoms with E-state index in [2.05, 4.69) is 9.69 Å². The first-order valence-corrected chi connectivity index (χ1v) is 8.39. The number of rotatable bonds is 6. The summed E-state index contributed by atoms with van der Waals surface area (Å²) in [5, 5.41) is 4.48. The molecule has 3 aromatic rings. The summed E-state index contributed by atoms with van der Waals surface area (Å²) < 4.78 is 35.6. The number of furan rings is 1. The number of fused-ring (bicyclic) bond motifs is 1. The summed E-state index contributed by atoms with van der Waals surface area (Å²) in [4.78, 5) is 0.640. The van der Waals surface area contributed by atoms with E-state index in [1.807, 2.05) is 12.1 Å². The largest absolute Gasteiger partial charge is 0.467 e. The van der Waals surface area contributed by atoms with Gasteiger partial charge in [-0.1, -0.05) is 11.6 Å². The minimum absolute atomic E-state index is 0.0415. The van der Waals surface area contributed by atoms with Crippen molar-refractivity contribution < 1.29 is 13.2 Å². The molecule has 0 unspecified atom stereocenters. The molecular weight excluding hydrogens is 352 g/mol. The van der Waals surface area contributed by atoms with Crippen molar-refractivity contribution in [1.82, 2.24) is 4.37 Å². The first-order valence-electron chi connectivity index (χ1n) is 6.42. The zero-order valence-electron chi connectivity index (χ0n) is 11.2. The molecular formula is C13H12ClF2N3OS2. The van der Waals surface area contributed by atoms with Crippen molar-refractivity contribution in [2.45, 2.75) is 25.4 Å². The number of thiophene rings is 1. The topological polar surface area (TPSA) is 64.1 Å². The monoisotopic (exact) mass is 363 g/mol. The van der Waals surface area contributed by atoms with E-state index in [0.29, 0.717) is 22.0 Å². The van der Waals surface area contributed by atoms with Crippen LogP contribution in [0.4, 0.5) is 13.8 Å². The molecule has 0 bridgehead atoms. The number of halogens is 3. The van der Waals surface area contributed by atoms with Crippen LogP contribution in [0.3, 0.4) is 0 Å². The average Bonchev–Trinajstić information content (AvgIpc) is 3.17. The number of hydrogen-bond acceptors (Lipinski definition) is 6. The Kier molecular flexibility index (Phi) is 4.62. The summed E-state index contributed by atoms with van der Waals surface area (Å²) in [6.07, 6.45) is -0.926. The summed E-state index contributed by atoms with van der Waals surface area (Å²) >= 11 is 8.86. The minimum atomic E-state index is -2.57. The molecule has 0 saturated carbocycles. The third kappa shape index (κ3) is 3.10. The van der Waals surface area contributed by atoms with Gasteiger partial charge in [0.15, 0.2) is 0 Å². The Bertz CT molecular complexity index is 757. The molecule has 3 heterocycles. The van der Waals surface area contributed by atoms with Crippen molar-refractivity contribution in [2.75, 3.05) is 5.32 Å². The average molecular weight is 364 g/mol. The number of alkyl halides is 2. The van der Waals surface area contributed by atoms with Crippen LogP contribution in [-0.2, 0) is 13.0 Å². The molecule has 0 aromatic carbocycles. The standard InChI is InChI=1S/C13H12ClF2N3OS2/c14-9-8(4-7(17)12(15)16)21-11-10(9)19-22-13(11)18-5-6-2-1-3-20-6/h1-3,7,12,18H,4-5,17H2/t7-/m1/s1. The van der Waals surface area contributed by atoms with Gasteiger partial charge in [0.05, 0.1) is 28.6 Å². The lowest BCUT2D eigenvalue weighted by molar-refractivity contribution is 0.116. The molecule has 3 N–H and O–H groups in total. The molecule has 0 saturated heterocycles. The molecule has 0 aliphatic heterocycles. The van der Waals surface area contributed by atoms with Gasteiger partial charge >= 0.3 is 0 Å². The third-order valence-corrected chi connectivity index (χ3v) is 5.75. The van der Waals surface area contributed by atoms with Crippen LogP contribution in [0.5, 0.6) is 0 Å². The highest BCUT2D eigenvalue weighted by Crippen LogP contribution is 2.42. The minimum Gasteiger partial charge on any atom is -0.467 e. The van der Waals surface area contributed by atoms with Crippen LogP contribution in [-0.4, -0.2) is 16.8 Å². The van der Waals surface area contributed by atoms with Crippen molar-refractivity contribution >= 4 is 49.7 Å². The van der Waals surface area contributed by atoms with E-state index >= 15 is 0 Å². The van der Waals surface area contributed by atoms with E-state index in [-0.39, 0.29) is 6.42 Å². The van der Waals surface area contributed by atoms with Crippen molar-refractivity contribution in [3.05, 3.63) is 34.1 Å². The highest BCUT2D eigenvalue weighted by atomic mass is 35.5. The van der Waals surface area contributed by atoms with E-state index in [1.54, 1.807) is 6.26 Å². The number of nitrogens with zero attached hydrogens (tertiary/aromatic N) is 1. The molecule has 0 amide bonds. The van der Waals surface area contributed by atoms with Gasteiger partial charge in [0.25, 0.3) is 6.43 Å². The van der Waals surface area contributed by atoms with Gasteiger partial charge in [-0.2, -0.15) is 4.37 Å². The van der Waals surface area contributed by atoms with E-state index in [0.717, 1.165) is 15.5 Å². The quantitative estimate of drug-likeness (QED) is 0.683. The molecule has 0 radical (unpaired) electrons. The molecule has 0 spiro atoms. The molecule has 0 aliphatic rings. The molecule has 0 aliphatic carbocycles. The summed E-state index contributed by atoms with van der Waals surface area (Å²) in [5.41, 5.74) is 6.06. The third-order valence-electron chi connectivity index (χ3n) is 3.08. The fourth-order valence-corrected chi connectivity index (χ4v) is 4.47. The second-order valence-electron chi connectivity index (χ2n) is 4.66. The number of anilines is 1. The Balaban J connectivity index is 1.81. The molecule has 1 atom stereocenters. The van der Waals surface area contributed by atoms with E-state index in [4.69, 9.17) is 21.8 Å². The van der Waals surface area contributed by atoms with Crippen LogP contribution < -0.4 is 11.1 Å². The molecule has 118 valence electrons. The van der Waals surface area contributed by atoms with Gasteiger partial charge in [-0.05, 0) is 23.7 Å². The summed E-state index contributed by atoms with van der Waals surface area (Å²) in [6.45, 7) is 0.520. The second kappa shape index (κ2) is 6.49. The number of hydrogen-bond donors (Lipinski definition) is 2. The van der Waals surface area contributed by atoms with E-state index in [9.17, 15) is 8.78 Å². The van der Waals surface area contributed by atoms with Crippen LogP contribution in [0.1, 0.15) is 10.6 Å². The number of aromatic nitrogens is 1. The van der Waals surface area contributed by atoms with Gasteiger partial charge in [0.1, 0.15) is 16.3 Å². The van der Waals surface area contributed by atoms with Crippen LogP contribution >= 0.6 is 34.5 Å². The van der Waals surface area contributed by atoms with Crippen LogP contribution in [0.15, 0.2) is 22.8 Å². The van der Waals surface area contributed by atoms with Crippen LogP contribution in [0.25, 0.3) is 10.2 Å². The fraction of sp³-hybridized carbons (Fsp3) is 0.308. The SMILES string of the molecule is N[C@H](Cc1sc2c(NCc3ccco3)snc2c1Cl)C(F)F. The van der Waals surface area contributed by atoms with Gasteiger partial charge in [0, 0.05) is 11.3 Å². The highest BCUT2D eigenvalue weighted by molar-refractivity contribution is 7.25. The molecule has 3 aromatic heterocycles. The van der Waals surface area contributed by atoms with Gasteiger partial charge in [-0.15, -0.1) is 11.3 Å². The maximum atomic E-state index is 12.6. The van der Waals surface area contributed by atoms with Crippen LogP contribution in [0.2, 0.25) is 5.02 Å². The highest BCUT2D eigenvalue weighted by Gasteiger charge is 2.22. The Morgan fingerprint density at radius 2 is 2.27 bits per heavy atom. The fourth-order valence-electron chi connectivity index (χ4n) is 1.94. The number of nitrogens with one attached hydrogen (secondary N) is 1. The molecule has 22 heavy (non-hydrogen) atoms. The van der Waals surface area contributed by atoms with Crippen molar-refractivity contribution in [1.29, 1.82) is 0 Å². The molecule has 3 rings (SSSR count). The Hall–Kier alpha value is -1.22. The summed E-state index contributed by atoms with van der Waals surface area (Å²) in [6, 6.07) is 2.45. The number of nitrogens with two attached hydrogens (primary N) is 1. The van der Waals surface area contributed by atoms with Crippen molar-refractivity contribution in [2.24, 2.45) is 5.73 Å². The molecule has 4 nitrogen and oxygen atoms in total. The van der Waals surface area contributed by atoms with Gasteiger partial charge in [0.2, 0.25) is 0 Å². The molecule has 0 fully saturated rings. The Morgan fingerprint density at radius 3 is 2.95 bits per heavy atom. The lowest BCUT2D eigenvalue weighted by Gasteiger charge is -2.08. The van der Waals surface area contributed by atoms with Gasteiger partial charge in [-0.25, -0.2) is 8.78 Å². The predicted molar refractivity (Wildman–Crippen MR) is 86.2 cm³/mol. The summed E-state index contributed by atoms with van der Waals surface area (Å²) in [7, 11) is 0. The predicted octanol–water partition coefficient (Wildman–Crippen LogP) is 4.35. The first kappa shape index (κ1) is 15.7. The van der Waals surface area contributed by atoms with Crippen LogP contribution in [0, 0.1) is 0 Å². The maximum absolute atomic E-state index is 12.6. The lowest BCUT2D eigenvalue weighted by Crippen LogP contribution is -2.30. The van der Waals surface area contributed by atoms with E-state index < -0.39 is 12.5 Å². The second-order valence-corrected chi connectivity index (χ2v) is 6.92. The van der Waals surface area contributed by atoms with Crippen molar-refractivity contribution in [3.63, 3.8) is 0 Å². The molecule has 9 heteroatoms. The first-order chi connectivity index (χ1) is 10.6. The van der Waals surface area contributed by atoms with Crippen molar-refractivity contribution in [3.8, 4) is 0 Å². The Morgan fingerprint density at radius 1 is 1.45 bits per heavy atom. The summed E-state index contributed by atoms with van der Waals surface area (Å²) in [5.74, 6) is 0.796. The van der Waals surface area contributed by atoms with Gasteiger partial charge in [-0.3, -0.25) is 0 Å². The smallest absolute Gasteiger partial charge is 0.253 e. The Labute approximate surface area is 138 Å². The van der Waals surface area contributed by atoms with Gasteiger partial charge < -0.3 is 15.5 Å². The zero-order valence-corrected chi connectivity index (χ0v) is 13.6. The van der Waals surface area contributed by atoms with E-state index in [1.165, 1.54) is 22.9 Å². The maximum Gasteiger partial charge on any atom is 0.253 e.